The van der Waals surface area contributed by atoms with Crippen LogP contribution in [0.4, 0.5) is 8.78 Å². The Kier molecular flexibility index (Phi) is 8.41. The maximum absolute atomic E-state index is 13.6. The van der Waals surface area contributed by atoms with Crippen molar-refractivity contribution >= 4 is 29.7 Å². The van der Waals surface area contributed by atoms with Gasteiger partial charge >= 0.3 is 23.9 Å². The minimum Gasteiger partial charge on any atom is -0.481 e. The third-order valence-electron chi connectivity index (χ3n) is 2.55. The smallest absolute Gasteiger partial charge is 0.321 e. The first kappa shape index (κ1) is 21.3. The second-order valence-corrected chi connectivity index (χ2v) is 4.44. The number of carboxylic acids is 4. The number of hydrogen-bond donors (Lipinski definition) is 6. The van der Waals surface area contributed by atoms with Gasteiger partial charge < -0.3 is 20.4 Å². The fourth-order valence-corrected chi connectivity index (χ4v) is 1.43. The maximum Gasteiger partial charge on any atom is 0.321 e. The molecule has 0 spiro atoms. The standard InChI is InChI=1S/C11H14F2N2O9/c12-8(14-3(10(21)22)1-5(16)17)7(20)9(13)15-4(11(23)24)2-6(18)19/h3-4,8-9,14-15H,1-2H2,(H,16,17)(H,18,19)(H,21,22)(H,23,24)/t3-,4-,8?,9?/m0/s1. The fourth-order valence-electron chi connectivity index (χ4n) is 1.43. The van der Waals surface area contributed by atoms with E-state index >= 15 is 0 Å². The van der Waals surface area contributed by atoms with Crippen LogP contribution < -0.4 is 10.6 Å². The number of alkyl halides is 2. The van der Waals surface area contributed by atoms with Gasteiger partial charge in [0, 0.05) is 0 Å². The molecule has 136 valence electrons. The molecule has 0 saturated carbocycles. The first-order chi connectivity index (χ1) is 11.0. The summed E-state index contributed by atoms with van der Waals surface area (Å²) in [5, 5.41) is 37.0. The Balaban J connectivity index is 4.85. The highest BCUT2D eigenvalue weighted by Crippen LogP contribution is 2.04. The molecule has 0 aromatic rings. The van der Waals surface area contributed by atoms with Gasteiger partial charge in [-0.15, -0.1) is 0 Å². The molecule has 0 amide bonds. The zero-order valence-corrected chi connectivity index (χ0v) is 11.8. The summed E-state index contributed by atoms with van der Waals surface area (Å²) < 4.78 is 27.1. The summed E-state index contributed by atoms with van der Waals surface area (Å²) in [4.78, 5) is 53.6. The average molecular weight is 356 g/mol. The monoisotopic (exact) mass is 356 g/mol. The van der Waals surface area contributed by atoms with Gasteiger partial charge in [-0.3, -0.25) is 34.6 Å². The van der Waals surface area contributed by atoms with Crippen molar-refractivity contribution in [2.75, 3.05) is 0 Å². The minimum atomic E-state index is -2.97. The van der Waals surface area contributed by atoms with Crippen LogP contribution in [0, 0.1) is 0 Å². The lowest BCUT2D eigenvalue weighted by Crippen LogP contribution is -2.53. The topological polar surface area (TPSA) is 190 Å². The predicted octanol–water partition coefficient (Wildman–Crippen LogP) is -1.82. The van der Waals surface area contributed by atoms with Crippen LogP contribution >= 0.6 is 0 Å². The summed E-state index contributed by atoms with van der Waals surface area (Å²) in [6.45, 7) is 0. The lowest BCUT2D eigenvalue weighted by atomic mass is 10.1. The van der Waals surface area contributed by atoms with Gasteiger partial charge in [-0.25, -0.2) is 8.78 Å². The van der Waals surface area contributed by atoms with Crippen LogP contribution in [0.2, 0.25) is 0 Å². The van der Waals surface area contributed by atoms with Gasteiger partial charge in [0.2, 0.25) is 18.4 Å². The number of carbonyl (C=O) groups is 5. The van der Waals surface area contributed by atoms with Crippen molar-refractivity contribution in [3.63, 3.8) is 0 Å². The number of ketones is 1. The number of aliphatic carboxylic acids is 4. The third-order valence-corrected chi connectivity index (χ3v) is 2.55. The van der Waals surface area contributed by atoms with Gasteiger partial charge in [-0.05, 0) is 0 Å². The van der Waals surface area contributed by atoms with E-state index < -0.39 is 67.2 Å². The number of rotatable bonds is 12. The first-order valence-electron chi connectivity index (χ1n) is 6.18. The van der Waals surface area contributed by atoms with Gasteiger partial charge in [0.15, 0.2) is 0 Å². The lowest BCUT2D eigenvalue weighted by molar-refractivity contribution is -0.148. The van der Waals surface area contributed by atoms with Gasteiger partial charge in [0.05, 0.1) is 12.8 Å². The number of halogens is 2. The Hall–Kier alpha value is -2.67. The van der Waals surface area contributed by atoms with Crippen molar-refractivity contribution in [3.05, 3.63) is 0 Å². The molecule has 0 rings (SSSR count). The highest BCUT2D eigenvalue weighted by Gasteiger charge is 2.34. The molecule has 11 nitrogen and oxygen atoms in total. The Morgan fingerprint density at radius 2 is 1.00 bits per heavy atom. The van der Waals surface area contributed by atoms with E-state index in [4.69, 9.17) is 20.4 Å². The first-order valence-corrected chi connectivity index (χ1v) is 6.18. The molecule has 0 fully saturated rings. The Morgan fingerprint density at radius 3 is 1.21 bits per heavy atom. The molecule has 6 N–H and O–H groups in total. The van der Waals surface area contributed by atoms with Crippen molar-refractivity contribution in [1.29, 1.82) is 0 Å². The van der Waals surface area contributed by atoms with Crippen molar-refractivity contribution in [2.24, 2.45) is 0 Å². The van der Waals surface area contributed by atoms with Crippen LogP contribution in [0.5, 0.6) is 0 Å². The molecule has 24 heavy (non-hydrogen) atoms. The zero-order chi connectivity index (χ0) is 19.0. The van der Waals surface area contributed by atoms with Crippen molar-refractivity contribution in [1.82, 2.24) is 10.6 Å². The highest BCUT2D eigenvalue weighted by molar-refractivity contribution is 5.89. The van der Waals surface area contributed by atoms with Crippen LogP contribution in [-0.4, -0.2) is 74.8 Å². The number of Topliss-reactive ketones (excluding diaryl/α,β-unsaturated/α-hetero) is 1. The number of nitrogens with one attached hydrogen (secondary N) is 2. The highest BCUT2D eigenvalue weighted by atomic mass is 19.1. The number of carbonyl (C=O) groups excluding carboxylic acids is 1. The summed E-state index contributed by atoms with van der Waals surface area (Å²) >= 11 is 0. The van der Waals surface area contributed by atoms with Gasteiger partial charge in [0.25, 0.3) is 0 Å². The molecule has 0 aliphatic heterocycles. The molecule has 0 aliphatic carbocycles. The molecule has 0 radical (unpaired) electrons. The number of hydrogen-bond acceptors (Lipinski definition) is 7. The summed E-state index contributed by atoms with van der Waals surface area (Å²) in [6, 6.07) is -4.08. The molecule has 0 aliphatic rings. The molecular weight excluding hydrogens is 342 g/mol. The van der Waals surface area contributed by atoms with E-state index in [9.17, 15) is 32.8 Å². The van der Waals surface area contributed by atoms with E-state index in [0.717, 1.165) is 0 Å². The molecule has 0 aromatic heterocycles. The van der Waals surface area contributed by atoms with Crippen molar-refractivity contribution < 1.29 is 53.2 Å². The Labute approximate surface area is 132 Å². The Morgan fingerprint density at radius 1 is 0.708 bits per heavy atom. The van der Waals surface area contributed by atoms with Crippen molar-refractivity contribution in [2.45, 2.75) is 37.5 Å². The predicted molar refractivity (Wildman–Crippen MR) is 68.4 cm³/mol. The fraction of sp³-hybridized carbons (Fsp3) is 0.545. The second kappa shape index (κ2) is 9.46. The van der Waals surface area contributed by atoms with E-state index in [1.165, 1.54) is 10.6 Å². The third kappa shape index (κ3) is 7.55. The van der Waals surface area contributed by atoms with Crippen LogP contribution in [0.15, 0.2) is 0 Å². The lowest BCUT2D eigenvalue weighted by Gasteiger charge is -2.19. The normalized spacial score (nSPS) is 15.8. The van der Waals surface area contributed by atoms with Gasteiger partial charge in [-0.2, -0.15) is 0 Å². The van der Waals surface area contributed by atoms with Crippen LogP contribution in [0.25, 0.3) is 0 Å². The minimum absolute atomic E-state index is 1.11. The van der Waals surface area contributed by atoms with Crippen LogP contribution in [0.1, 0.15) is 12.8 Å². The second-order valence-electron chi connectivity index (χ2n) is 4.44. The van der Waals surface area contributed by atoms with Crippen LogP contribution in [-0.2, 0) is 24.0 Å². The molecule has 0 aromatic carbocycles. The number of carboxylic acid groups (broad SMARTS) is 4. The summed E-state index contributed by atoms with van der Waals surface area (Å²) in [5.41, 5.74) is 0. The van der Waals surface area contributed by atoms with E-state index in [-0.39, 0.29) is 0 Å². The molecule has 2 unspecified atom stereocenters. The van der Waals surface area contributed by atoms with E-state index in [1.807, 2.05) is 0 Å². The van der Waals surface area contributed by atoms with Gasteiger partial charge in [0.1, 0.15) is 12.1 Å². The molecule has 0 bridgehead atoms. The van der Waals surface area contributed by atoms with Gasteiger partial charge in [-0.1, -0.05) is 0 Å². The van der Waals surface area contributed by atoms with E-state index in [0.29, 0.717) is 0 Å². The molecular formula is C11H14F2N2O9. The summed E-state index contributed by atoms with van der Waals surface area (Å²) in [6.07, 6.45) is -8.14. The van der Waals surface area contributed by atoms with Crippen molar-refractivity contribution in [3.8, 4) is 0 Å². The van der Waals surface area contributed by atoms with E-state index in [1.54, 1.807) is 0 Å². The Bertz CT molecular complexity index is 484. The molecule has 0 saturated heterocycles. The maximum atomic E-state index is 13.6. The summed E-state index contributed by atoms with van der Waals surface area (Å²) in [5.74, 6) is -8.85. The quantitative estimate of drug-likeness (QED) is 0.216. The SMILES string of the molecule is O=C(O)C[C@H](NC(F)C(=O)C(F)N[C@@H](CC(=O)O)C(=O)O)C(=O)O. The molecule has 0 heterocycles. The van der Waals surface area contributed by atoms with Crippen LogP contribution in [0.3, 0.4) is 0 Å². The van der Waals surface area contributed by atoms with E-state index in [2.05, 4.69) is 0 Å². The largest absolute Gasteiger partial charge is 0.481 e. The molecule has 13 heteroatoms. The zero-order valence-electron chi connectivity index (χ0n) is 11.8. The molecule has 4 atom stereocenters. The average Bonchev–Trinajstić information content (AvgIpc) is 2.43. The summed E-state index contributed by atoms with van der Waals surface area (Å²) in [7, 11) is 0.